The molecule has 0 aromatic heterocycles. The molecule has 2 atom stereocenters. The highest BCUT2D eigenvalue weighted by atomic mass is 19.1. The Bertz CT molecular complexity index is 758. The number of nitrogens with two attached hydrogens (primary N) is 1. The second-order valence-electron chi connectivity index (χ2n) is 5.72. The monoisotopic (exact) mass is 298 g/mol. The van der Waals surface area contributed by atoms with Crippen LogP contribution in [0.25, 0.3) is 0 Å². The summed E-state index contributed by atoms with van der Waals surface area (Å²) in [7, 11) is 0. The predicted molar refractivity (Wildman–Crippen MR) is 77.5 cm³/mol. The molecule has 0 fully saturated rings. The lowest BCUT2D eigenvalue weighted by molar-refractivity contribution is -0.117. The van der Waals surface area contributed by atoms with E-state index in [4.69, 9.17) is 10.5 Å². The Morgan fingerprint density at radius 1 is 1.36 bits per heavy atom. The molecule has 1 aromatic carbocycles. The van der Waals surface area contributed by atoms with Gasteiger partial charge in [-0.2, -0.15) is 5.26 Å². The maximum Gasteiger partial charge on any atom is 0.205 e. The third-order valence-electron chi connectivity index (χ3n) is 4.08. The number of halogens is 1. The second-order valence-corrected chi connectivity index (χ2v) is 5.72. The molecule has 22 heavy (non-hydrogen) atoms. The van der Waals surface area contributed by atoms with Crippen LogP contribution >= 0.6 is 0 Å². The number of hydrogen-bond acceptors (Lipinski definition) is 4. The minimum atomic E-state index is -0.782. The van der Waals surface area contributed by atoms with Crippen LogP contribution in [0.4, 0.5) is 4.39 Å². The Morgan fingerprint density at radius 3 is 2.77 bits per heavy atom. The summed E-state index contributed by atoms with van der Waals surface area (Å²) in [6, 6.07) is 8.10. The molecular formula is C17H15FN2O2. The average molecular weight is 298 g/mol. The van der Waals surface area contributed by atoms with Gasteiger partial charge < -0.3 is 10.5 Å². The van der Waals surface area contributed by atoms with Gasteiger partial charge in [0.2, 0.25) is 5.88 Å². The number of carbonyl (C=O) groups is 1. The van der Waals surface area contributed by atoms with Gasteiger partial charge in [0.15, 0.2) is 5.78 Å². The molecule has 0 saturated carbocycles. The van der Waals surface area contributed by atoms with E-state index in [9.17, 15) is 14.4 Å². The van der Waals surface area contributed by atoms with Crippen LogP contribution in [0.1, 0.15) is 31.2 Å². The normalized spacial score (nSPS) is 24.7. The molecule has 0 radical (unpaired) electrons. The molecule has 1 aliphatic heterocycles. The Kier molecular flexibility index (Phi) is 3.45. The zero-order valence-corrected chi connectivity index (χ0v) is 12.1. The summed E-state index contributed by atoms with van der Waals surface area (Å²) < 4.78 is 19.7. The number of nitriles is 1. The first-order chi connectivity index (χ1) is 10.5. The molecule has 1 aromatic rings. The van der Waals surface area contributed by atoms with E-state index in [2.05, 4.69) is 0 Å². The molecule has 0 bridgehead atoms. The fourth-order valence-corrected chi connectivity index (χ4v) is 3.11. The SMILES string of the molecule is CC1CC(=O)C2=C(C1)OC(N)=C(C#N)C2c1ccccc1F. The van der Waals surface area contributed by atoms with Crippen molar-refractivity contribution in [2.75, 3.05) is 0 Å². The first kappa shape index (κ1) is 14.3. The van der Waals surface area contributed by atoms with Crippen LogP contribution < -0.4 is 5.73 Å². The molecule has 0 spiro atoms. The van der Waals surface area contributed by atoms with Crippen LogP contribution in [0.3, 0.4) is 0 Å². The molecule has 2 aliphatic rings. The standard InChI is InChI=1S/C17H15FN2O2/c1-9-6-13(21)16-14(7-9)22-17(20)11(8-19)15(16)10-4-2-3-5-12(10)18/h2-5,9,15H,6-7,20H2,1H3. The van der Waals surface area contributed by atoms with Crippen molar-refractivity contribution in [3.8, 4) is 6.07 Å². The van der Waals surface area contributed by atoms with Gasteiger partial charge in [-0.15, -0.1) is 0 Å². The topological polar surface area (TPSA) is 76.1 Å². The number of ketones is 1. The Balaban J connectivity index is 2.22. The summed E-state index contributed by atoms with van der Waals surface area (Å²) in [5.41, 5.74) is 6.57. The van der Waals surface area contributed by atoms with Crippen molar-refractivity contribution < 1.29 is 13.9 Å². The molecule has 0 saturated heterocycles. The van der Waals surface area contributed by atoms with Crippen molar-refractivity contribution in [1.29, 1.82) is 5.26 Å². The molecule has 2 unspecified atom stereocenters. The van der Waals surface area contributed by atoms with Crippen molar-refractivity contribution >= 4 is 5.78 Å². The lowest BCUT2D eigenvalue weighted by atomic mass is 9.75. The highest BCUT2D eigenvalue weighted by Gasteiger charge is 2.40. The van der Waals surface area contributed by atoms with E-state index < -0.39 is 11.7 Å². The number of hydrogen-bond donors (Lipinski definition) is 1. The minimum absolute atomic E-state index is 0.0450. The predicted octanol–water partition coefficient (Wildman–Crippen LogP) is 2.89. The van der Waals surface area contributed by atoms with Crippen LogP contribution in [0, 0.1) is 23.1 Å². The third kappa shape index (κ3) is 2.17. The second kappa shape index (κ2) is 5.30. The van der Waals surface area contributed by atoms with Gasteiger partial charge in [0, 0.05) is 24.0 Å². The Morgan fingerprint density at radius 2 is 2.09 bits per heavy atom. The van der Waals surface area contributed by atoms with Gasteiger partial charge in [-0.05, 0) is 12.0 Å². The van der Waals surface area contributed by atoms with Gasteiger partial charge in [-0.1, -0.05) is 25.1 Å². The molecule has 4 nitrogen and oxygen atoms in total. The molecule has 3 rings (SSSR count). The number of rotatable bonds is 1. The largest absolute Gasteiger partial charge is 0.444 e. The van der Waals surface area contributed by atoms with E-state index in [0.717, 1.165) is 0 Å². The summed E-state index contributed by atoms with van der Waals surface area (Å²) in [6.45, 7) is 1.95. The van der Waals surface area contributed by atoms with Crippen LogP contribution in [0.15, 0.2) is 47.1 Å². The van der Waals surface area contributed by atoms with Crippen molar-refractivity contribution in [2.24, 2.45) is 11.7 Å². The van der Waals surface area contributed by atoms with Gasteiger partial charge >= 0.3 is 0 Å². The number of allylic oxidation sites excluding steroid dienone is 3. The summed E-state index contributed by atoms with van der Waals surface area (Å²) in [5, 5.41) is 9.39. The van der Waals surface area contributed by atoms with Crippen LogP contribution in [-0.2, 0) is 9.53 Å². The number of ether oxygens (including phenoxy) is 1. The Hall–Kier alpha value is -2.61. The zero-order chi connectivity index (χ0) is 15.9. The molecular weight excluding hydrogens is 283 g/mol. The third-order valence-corrected chi connectivity index (χ3v) is 4.08. The van der Waals surface area contributed by atoms with Crippen molar-refractivity contribution in [1.82, 2.24) is 0 Å². The van der Waals surface area contributed by atoms with E-state index in [1.54, 1.807) is 18.2 Å². The number of carbonyl (C=O) groups excluding carboxylic acids is 1. The van der Waals surface area contributed by atoms with E-state index in [-0.39, 0.29) is 28.7 Å². The summed E-state index contributed by atoms with van der Waals surface area (Å²) in [4.78, 5) is 12.5. The maximum absolute atomic E-state index is 14.2. The fourth-order valence-electron chi connectivity index (χ4n) is 3.11. The molecule has 1 aliphatic carbocycles. The molecule has 5 heteroatoms. The first-order valence-corrected chi connectivity index (χ1v) is 7.11. The van der Waals surface area contributed by atoms with Crippen molar-refractivity contribution in [2.45, 2.75) is 25.7 Å². The first-order valence-electron chi connectivity index (χ1n) is 7.11. The lowest BCUT2D eigenvalue weighted by Crippen LogP contribution is -2.30. The highest BCUT2D eigenvalue weighted by Crippen LogP contribution is 2.44. The van der Waals surface area contributed by atoms with Crippen molar-refractivity contribution in [3.63, 3.8) is 0 Å². The molecule has 0 amide bonds. The lowest BCUT2D eigenvalue weighted by Gasteiger charge is -2.33. The maximum atomic E-state index is 14.2. The summed E-state index contributed by atoms with van der Waals surface area (Å²) in [6.07, 6.45) is 0.928. The van der Waals surface area contributed by atoms with Gasteiger partial charge in [-0.3, -0.25) is 4.79 Å². The number of Topliss-reactive ketones (excluding diaryl/α,β-unsaturated/α-hetero) is 1. The van der Waals surface area contributed by atoms with Gasteiger partial charge in [0.25, 0.3) is 0 Å². The number of nitrogens with zero attached hydrogens (tertiary/aromatic N) is 1. The highest BCUT2D eigenvalue weighted by molar-refractivity contribution is 5.99. The minimum Gasteiger partial charge on any atom is -0.444 e. The van der Waals surface area contributed by atoms with Crippen LogP contribution in [0.5, 0.6) is 0 Å². The van der Waals surface area contributed by atoms with Gasteiger partial charge in [0.1, 0.15) is 23.2 Å². The van der Waals surface area contributed by atoms with Gasteiger partial charge in [0.05, 0.1) is 5.92 Å². The fraction of sp³-hybridized carbons (Fsp3) is 0.294. The average Bonchev–Trinajstić information content (AvgIpc) is 2.46. The van der Waals surface area contributed by atoms with E-state index in [0.29, 0.717) is 24.2 Å². The molecule has 112 valence electrons. The molecule has 2 N–H and O–H groups in total. The summed E-state index contributed by atoms with van der Waals surface area (Å²) >= 11 is 0. The van der Waals surface area contributed by atoms with Crippen LogP contribution in [0.2, 0.25) is 0 Å². The number of benzene rings is 1. The van der Waals surface area contributed by atoms with E-state index in [1.165, 1.54) is 6.07 Å². The zero-order valence-electron chi connectivity index (χ0n) is 12.1. The smallest absolute Gasteiger partial charge is 0.205 e. The van der Waals surface area contributed by atoms with Crippen LogP contribution in [-0.4, -0.2) is 5.78 Å². The Labute approximate surface area is 127 Å². The van der Waals surface area contributed by atoms with Crippen molar-refractivity contribution in [3.05, 3.63) is 58.4 Å². The van der Waals surface area contributed by atoms with Gasteiger partial charge in [-0.25, -0.2) is 4.39 Å². The van der Waals surface area contributed by atoms with E-state index >= 15 is 0 Å². The quantitative estimate of drug-likeness (QED) is 0.865. The van der Waals surface area contributed by atoms with E-state index in [1.807, 2.05) is 13.0 Å². The molecule has 1 heterocycles. The summed E-state index contributed by atoms with van der Waals surface area (Å²) in [5.74, 6) is -0.792.